The van der Waals surface area contributed by atoms with Crippen LogP contribution in [-0.2, 0) is 16.6 Å². The summed E-state index contributed by atoms with van der Waals surface area (Å²) in [4.78, 5) is 0.306. The summed E-state index contributed by atoms with van der Waals surface area (Å²) in [6, 6.07) is 0.0499. The van der Waals surface area contributed by atoms with Gasteiger partial charge in [-0.1, -0.05) is 13.8 Å². The fraction of sp³-hybridized carbons (Fsp3) is 0.786. The van der Waals surface area contributed by atoms with Crippen LogP contribution in [0, 0.1) is 5.92 Å². The summed E-state index contributed by atoms with van der Waals surface area (Å²) in [5.41, 5.74) is 0. The molecule has 1 aromatic rings. The van der Waals surface area contributed by atoms with Crippen LogP contribution in [0.1, 0.15) is 33.6 Å². The van der Waals surface area contributed by atoms with E-state index in [4.69, 9.17) is 0 Å². The second-order valence-electron chi connectivity index (χ2n) is 5.77. The second-order valence-corrected chi connectivity index (χ2v) is 7.66. The van der Waals surface area contributed by atoms with Crippen molar-refractivity contribution in [3.63, 3.8) is 0 Å². The smallest absolute Gasteiger partial charge is 0.246 e. The first kappa shape index (κ1) is 16.5. The largest absolute Gasteiger partial charge is 0.315 e. The molecule has 2 atom stereocenters. The first-order valence-electron chi connectivity index (χ1n) is 7.71. The van der Waals surface area contributed by atoms with Crippen molar-refractivity contribution in [1.82, 2.24) is 19.4 Å². The Morgan fingerprint density at radius 1 is 1.43 bits per heavy atom. The third-order valence-corrected chi connectivity index (χ3v) is 6.24. The molecule has 1 aliphatic heterocycles. The molecule has 1 saturated heterocycles. The summed E-state index contributed by atoms with van der Waals surface area (Å²) < 4.78 is 28.8. The molecule has 0 aromatic carbocycles. The van der Waals surface area contributed by atoms with Gasteiger partial charge in [-0.05, 0) is 32.2 Å². The lowest BCUT2D eigenvalue weighted by Gasteiger charge is -2.36. The minimum absolute atomic E-state index is 0.0499. The Balaban J connectivity index is 2.12. The Morgan fingerprint density at radius 3 is 2.90 bits per heavy atom. The van der Waals surface area contributed by atoms with E-state index in [1.807, 2.05) is 13.8 Å². The van der Waals surface area contributed by atoms with Gasteiger partial charge in [-0.3, -0.25) is 4.68 Å². The number of nitrogens with zero attached hydrogens (tertiary/aromatic N) is 3. The lowest BCUT2D eigenvalue weighted by atomic mass is 9.94. The molecule has 2 heterocycles. The van der Waals surface area contributed by atoms with Crippen LogP contribution >= 0.6 is 0 Å². The zero-order chi connectivity index (χ0) is 15.5. The van der Waals surface area contributed by atoms with E-state index in [1.165, 1.54) is 6.20 Å². The van der Waals surface area contributed by atoms with E-state index >= 15 is 0 Å². The van der Waals surface area contributed by atoms with E-state index in [9.17, 15) is 8.42 Å². The molecule has 0 spiro atoms. The molecule has 2 rings (SSSR count). The van der Waals surface area contributed by atoms with Gasteiger partial charge >= 0.3 is 0 Å². The van der Waals surface area contributed by atoms with Gasteiger partial charge in [0.1, 0.15) is 4.90 Å². The highest BCUT2D eigenvalue weighted by atomic mass is 32.2. The van der Waals surface area contributed by atoms with E-state index in [1.54, 1.807) is 15.2 Å². The Bertz CT molecular complexity index is 555. The molecule has 0 aliphatic carbocycles. The van der Waals surface area contributed by atoms with Gasteiger partial charge in [0.25, 0.3) is 0 Å². The first-order chi connectivity index (χ1) is 9.96. The summed E-state index contributed by atoms with van der Waals surface area (Å²) in [5, 5.41) is 7.36. The van der Waals surface area contributed by atoms with Gasteiger partial charge in [0.15, 0.2) is 0 Å². The van der Waals surface area contributed by atoms with E-state index in [2.05, 4.69) is 17.3 Å². The highest BCUT2D eigenvalue weighted by molar-refractivity contribution is 7.89. The zero-order valence-electron chi connectivity index (χ0n) is 13.1. The van der Waals surface area contributed by atoms with Crippen molar-refractivity contribution < 1.29 is 8.42 Å². The Morgan fingerprint density at radius 2 is 2.19 bits per heavy atom. The fourth-order valence-corrected chi connectivity index (χ4v) is 4.46. The number of likely N-dealkylation sites (N-methyl/N-ethyl adjacent to an activating group) is 1. The summed E-state index contributed by atoms with van der Waals surface area (Å²) in [7, 11) is -3.42. The van der Waals surface area contributed by atoms with Crippen LogP contribution in [0.5, 0.6) is 0 Å². The Kier molecular flexibility index (Phi) is 5.40. The summed E-state index contributed by atoms with van der Waals surface area (Å²) in [6.07, 6.45) is 5.13. The normalized spacial score (nSPS) is 24.3. The van der Waals surface area contributed by atoms with Crippen molar-refractivity contribution in [2.24, 2.45) is 5.92 Å². The first-order valence-corrected chi connectivity index (χ1v) is 9.15. The number of aromatic nitrogens is 2. The zero-order valence-corrected chi connectivity index (χ0v) is 13.9. The van der Waals surface area contributed by atoms with E-state index in [-0.39, 0.29) is 6.04 Å². The molecule has 7 heteroatoms. The molecule has 0 bridgehead atoms. The van der Waals surface area contributed by atoms with Gasteiger partial charge < -0.3 is 5.32 Å². The number of piperidine rings is 1. The maximum Gasteiger partial charge on any atom is 0.246 e. The molecule has 120 valence electrons. The minimum Gasteiger partial charge on any atom is -0.315 e. The molecule has 1 fully saturated rings. The van der Waals surface area contributed by atoms with Crippen molar-refractivity contribution in [1.29, 1.82) is 0 Å². The summed E-state index contributed by atoms with van der Waals surface area (Å²) in [5.74, 6) is 0.400. The fourth-order valence-electron chi connectivity index (χ4n) is 2.74. The topological polar surface area (TPSA) is 67.2 Å². The van der Waals surface area contributed by atoms with Crippen LogP contribution in [-0.4, -0.2) is 48.2 Å². The molecule has 2 unspecified atom stereocenters. The van der Waals surface area contributed by atoms with Crippen LogP contribution in [0.25, 0.3) is 0 Å². The van der Waals surface area contributed by atoms with Gasteiger partial charge in [0.05, 0.1) is 12.7 Å². The van der Waals surface area contributed by atoms with Gasteiger partial charge in [-0.2, -0.15) is 9.40 Å². The van der Waals surface area contributed by atoms with Crippen LogP contribution in [0.2, 0.25) is 0 Å². The Labute approximate surface area is 127 Å². The predicted molar refractivity (Wildman–Crippen MR) is 82.5 cm³/mol. The van der Waals surface area contributed by atoms with Crippen LogP contribution in [0.15, 0.2) is 17.3 Å². The van der Waals surface area contributed by atoms with Gasteiger partial charge in [-0.15, -0.1) is 0 Å². The van der Waals surface area contributed by atoms with Crippen LogP contribution in [0.3, 0.4) is 0 Å². The van der Waals surface area contributed by atoms with Crippen LogP contribution in [0.4, 0.5) is 0 Å². The highest BCUT2D eigenvalue weighted by Gasteiger charge is 2.35. The SMILES string of the molecule is CCNCCn1cc(S(=O)(=O)N2CCCC(C)C2C)cn1. The van der Waals surface area contributed by atoms with Crippen molar-refractivity contribution in [3.05, 3.63) is 12.4 Å². The molecule has 6 nitrogen and oxygen atoms in total. The maximum atomic E-state index is 12.7. The second kappa shape index (κ2) is 6.89. The van der Waals surface area contributed by atoms with Gasteiger partial charge in [0.2, 0.25) is 10.0 Å². The lowest BCUT2D eigenvalue weighted by molar-refractivity contribution is 0.202. The molecule has 0 amide bonds. The maximum absolute atomic E-state index is 12.7. The van der Waals surface area contributed by atoms with E-state index in [0.29, 0.717) is 23.9 Å². The lowest BCUT2D eigenvalue weighted by Crippen LogP contribution is -2.45. The highest BCUT2D eigenvalue weighted by Crippen LogP contribution is 2.28. The molecular weight excluding hydrogens is 288 g/mol. The predicted octanol–water partition coefficient (Wildman–Crippen LogP) is 1.30. The molecule has 1 N–H and O–H groups in total. The standard InChI is InChI=1S/C14H26N4O2S/c1-4-15-7-9-17-11-14(10-16-17)21(19,20)18-8-5-6-12(2)13(18)3/h10-13,15H,4-9H2,1-3H3. The molecule has 21 heavy (non-hydrogen) atoms. The Hall–Kier alpha value is -0.920. The summed E-state index contributed by atoms with van der Waals surface area (Å²) >= 11 is 0. The molecule has 0 saturated carbocycles. The number of hydrogen-bond donors (Lipinski definition) is 1. The van der Waals surface area contributed by atoms with E-state index in [0.717, 1.165) is 25.9 Å². The van der Waals surface area contributed by atoms with Crippen molar-refractivity contribution in [2.75, 3.05) is 19.6 Å². The third kappa shape index (κ3) is 3.64. The number of sulfonamides is 1. The average Bonchev–Trinajstić information content (AvgIpc) is 2.91. The number of hydrogen-bond acceptors (Lipinski definition) is 4. The minimum atomic E-state index is -3.42. The number of nitrogens with one attached hydrogen (secondary N) is 1. The van der Waals surface area contributed by atoms with Crippen molar-refractivity contribution >= 4 is 10.0 Å². The molecule has 1 aromatic heterocycles. The van der Waals surface area contributed by atoms with Crippen LogP contribution < -0.4 is 5.32 Å². The van der Waals surface area contributed by atoms with Gasteiger partial charge in [0, 0.05) is 25.3 Å². The molecular formula is C14H26N4O2S. The average molecular weight is 314 g/mol. The molecule has 1 aliphatic rings. The third-order valence-electron chi connectivity index (χ3n) is 4.30. The van der Waals surface area contributed by atoms with E-state index < -0.39 is 10.0 Å². The molecule has 0 radical (unpaired) electrons. The van der Waals surface area contributed by atoms with Crippen molar-refractivity contribution in [3.8, 4) is 0 Å². The van der Waals surface area contributed by atoms with Crippen molar-refractivity contribution in [2.45, 2.75) is 51.1 Å². The van der Waals surface area contributed by atoms with Gasteiger partial charge in [-0.25, -0.2) is 8.42 Å². The quantitative estimate of drug-likeness (QED) is 0.804. The summed E-state index contributed by atoms with van der Waals surface area (Å²) in [6.45, 7) is 9.12. The number of rotatable bonds is 6. The monoisotopic (exact) mass is 314 g/mol.